The number of nitrogens with one attached hydrogen (secondary N) is 5. The number of ether oxygens (including phenoxy) is 1. The van der Waals surface area contributed by atoms with Crippen LogP contribution in [-0.4, -0.2) is 50.9 Å². The number of nitrogens with zero attached hydrogens (tertiary/aromatic N) is 3. The first-order valence-electron chi connectivity index (χ1n) is 14.3. The molecule has 0 aliphatic carbocycles. The minimum Gasteiger partial charge on any atom is -0.465 e. The van der Waals surface area contributed by atoms with Crippen molar-refractivity contribution < 1.29 is 19.1 Å². The number of aromatic nitrogens is 3. The first kappa shape index (κ1) is 32.4. The standard InChI is InChI=1S/C33H38N8O4/c1-32(2,3)40-26(42)20-8-14-23(15-9-20)34-29-37-30(35-24-16-10-21(11-17-24)27(43)41-33(4,5)6)39-31(38-29)36-25-18-12-22(13-19-25)28(44)45-7/h8-19H,1-7H3,(H,40,42)(H,41,43)(H3,34,35,36,37,38,39). The van der Waals surface area contributed by atoms with E-state index in [2.05, 4.69) is 41.5 Å². The van der Waals surface area contributed by atoms with Gasteiger partial charge in [-0.05, 0) is 114 Å². The maximum Gasteiger partial charge on any atom is 0.337 e. The van der Waals surface area contributed by atoms with E-state index in [9.17, 15) is 14.4 Å². The van der Waals surface area contributed by atoms with Crippen molar-refractivity contribution in [2.75, 3.05) is 23.1 Å². The molecule has 45 heavy (non-hydrogen) atoms. The summed E-state index contributed by atoms with van der Waals surface area (Å²) in [5, 5.41) is 15.3. The average Bonchev–Trinajstić information content (AvgIpc) is 2.96. The normalized spacial score (nSPS) is 11.3. The molecule has 5 N–H and O–H groups in total. The molecule has 0 aliphatic rings. The predicted molar refractivity (Wildman–Crippen MR) is 175 cm³/mol. The third-order valence-electron chi connectivity index (χ3n) is 5.98. The molecule has 4 aromatic rings. The highest BCUT2D eigenvalue weighted by molar-refractivity contribution is 5.95. The maximum atomic E-state index is 12.5. The Morgan fingerprint density at radius 3 is 1.07 bits per heavy atom. The number of rotatable bonds is 9. The number of hydrogen-bond donors (Lipinski definition) is 5. The summed E-state index contributed by atoms with van der Waals surface area (Å²) in [4.78, 5) is 50.4. The Morgan fingerprint density at radius 2 is 0.800 bits per heavy atom. The molecule has 2 amide bonds. The summed E-state index contributed by atoms with van der Waals surface area (Å²) in [5.74, 6) is -0.102. The number of carbonyl (C=O) groups is 3. The molecule has 0 unspecified atom stereocenters. The van der Waals surface area contributed by atoms with E-state index in [0.717, 1.165) is 0 Å². The van der Waals surface area contributed by atoms with Gasteiger partial charge in [-0.3, -0.25) is 9.59 Å². The summed E-state index contributed by atoms with van der Waals surface area (Å²) < 4.78 is 4.77. The summed E-state index contributed by atoms with van der Waals surface area (Å²) in [6, 6.07) is 20.5. The molecule has 0 spiro atoms. The Hall–Kier alpha value is -5.52. The smallest absolute Gasteiger partial charge is 0.337 e. The van der Waals surface area contributed by atoms with Gasteiger partial charge in [-0.15, -0.1) is 0 Å². The highest BCUT2D eigenvalue weighted by Crippen LogP contribution is 2.22. The van der Waals surface area contributed by atoms with Crippen LogP contribution in [0.5, 0.6) is 0 Å². The van der Waals surface area contributed by atoms with Gasteiger partial charge in [-0.25, -0.2) is 4.79 Å². The Morgan fingerprint density at radius 1 is 0.511 bits per heavy atom. The zero-order valence-corrected chi connectivity index (χ0v) is 26.4. The van der Waals surface area contributed by atoms with Crippen LogP contribution in [0.1, 0.15) is 72.6 Å². The molecule has 12 heteroatoms. The lowest BCUT2D eigenvalue weighted by molar-refractivity contribution is 0.0600. The molecule has 0 bridgehead atoms. The average molecular weight is 611 g/mol. The lowest BCUT2D eigenvalue weighted by Crippen LogP contribution is -2.40. The van der Waals surface area contributed by atoms with E-state index >= 15 is 0 Å². The van der Waals surface area contributed by atoms with Crippen molar-refractivity contribution in [3.8, 4) is 0 Å². The molecule has 234 valence electrons. The second kappa shape index (κ2) is 13.4. The molecule has 12 nitrogen and oxygen atoms in total. The molecule has 0 radical (unpaired) electrons. The van der Waals surface area contributed by atoms with Crippen LogP contribution >= 0.6 is 0 Å². The molecular formula is C33H38N8O4. The largest absolute Gasteiger partial charge is 0.465 e. The number of hydrogen-bond acceptors (Lipinski definition) is 10. The van der Waals surface area contributed by atoms with Crippen LogP contribution < -0.4 is 26.6 Å². The Labute approximate surface area is 262 Å². The van der Waals surface area contributed by atoms with Crippen molar-refractivity contribution >= 4 is 52.7 Å². The van der Waals surface area contributed by atoms with Gasteiger partial charge in [0.2, 0.25) is 17.8 Å². The summed E-state index contributed by atoms with van der Waals surface area (Å²) in [7, 11) is 1.32. The molecule has 1 aromatic heterocycles. The minimum absolute atomic E-state index is 0.174. The van der Waals surface area contributed by atoms with Gasteiger partial charge in [0.1, 0.15) is 0 Å². The van der Waals surface area contributed by atoms with Crippen LogP contribution in [0, 0.1) is 0 Å². The zero-order valence-electron chi connectivity index (χ0n) is 26.4. The van der Waals surface area contributed by atoms with Gasteiger partial charge in [0, 0.05) is 39.3 Å². The fourth-order valence-corrected chi connectivity index (χ4v) is 3.97. The number of anilines is 6. The summed E-state index contributed by atoms with van der Waals surface area (Å²) >= 11 is 0. The molecule has 0 saturated heterocycles. The molecule has 0 aliphatic heterocycles. The van der Waals surface area contributed by atoms with Crippen molar-refractivity contribution in [1.82, 2.24) is 25.6 Å². The zero-order chi connectivity index (χ0) is 32.8. The number of esters is 1. The van der Waals surface area contributed by atoms with Gasteiger partial charge in [-0.2, -0.15) is 15.0 Å². The molecule has 4 rings (SSSR count). The van der Waals surface area contributed by atoms with E-state index in [0.29, 0.717) is 33.8 Å². The molecular weight excluding hydrogens is 572 g/mol. The van der Waals surface area contributed by atoms with Gasteiger partial charge < -0.3 is 31.3 Å². The van der Waals surface area contributed by atoms with Crippen molar-refractivity contribution in [1.29, 1.82) is 0 Å². The highest BCUT2D eigenvalue weighted by Gasteiger charge is 2.17. The molecule has 3 aromatic carbocycles. The van der Waals surface area contributed by atoms with Crippen molar-refractivity contribution in [2.45, 2.75) is 52.6 Å². The topological polar surface area (TPSA) is 159 Å². The van der Waals surface area contributed by atoms with Gasteiger partial charge >= 0.3 is 5.97 Å². The first-order valence-corrected chi connectivity index (χ1v) is 14.3. The molecule has 0 atom stereocenters. The van der Waals surface area contributed by atoms with Gasteiger partial charge in [0.05, 0.1) is 12.7 Å². The molecule has 0 saturated carbocycles. The van der Waals surface area contributed by atoms with Crippen molar-refractivity contribution in [3.63, 3.8) is 0 Å². The molecule has 0 fully saturated rings. The molecule has 1 heterocycles. The van der Waals surface area contributed by atoms with Gasteiger partial charge in [0.25, 0.3) is 11.8 Å². The Kier molecular flexibility index (Phi) is 9.66. The second-order valence-electron chi connectivity index (χ2n) is 12.3. The fourth-order valence-electron chi connectivity index (χ4n) is 3.97. The lowest BCUT2D eigenvalue weighted by Gasteiger charge is -2.20. The number of amides is 2. The SMILES string of the molecule is COC(=O)c1ccc(Nc2nc(Nc3ccc(C(=O)NC(C)(C)C)cc3)nc(Nc3ccc(C(=O)NC(C)(C)C)cc3)n2)cc1. The van der Waals surface area contributed by atoms with Crippen LogP contribution in [-0.2, 0) is 4.74 Å². The first-order chi connectivity index (χ1) is 21.2. The maximum absolute atomic E-state index is 12.5. The summed E-state index contributed by atoms with van der Waals surface area (Å²) in [6.07, 6.45) is 0. The van der Waals surface area contributed by atoms with Crippen molar-refractivity contribution in [3.05, 3.63) is 89.5 Å². The van der Waals surface area contributed by atoms with E-state index in [4.69, 9.17) is 4.74 Å². The summed E-state index contributed by atoms with van der Waals surface area (Å²) in [6.45, 7) is 11.5. The quantitative estimate of drug-likeness (QED) is 0.143. The van der Waals surface area contributed by atoms with E-state index in [-0.39, 0.29) is 40.7 Å². The van der Waals surface area contributed by atoms with Crippen molar-refractivity contribution in [2.24, 2.45) is 0 Å². The predicted octanol–water partition coefficient (Wildman–Crippen LogP) is 5.95. The number of methoxy groups -OCH3 is 1. The highest BCUT2D eigenvalue weighted by atomic mass is 16.5. The van der Waals surface area contributed by atoms with E-state index in [1.54, 1.807) is 72.8 Å². The van der Waals surface area contributed by atoms with Crippen LogP contribution in [0.25, 0.3) is 0 Å². The Bertz CT molecular complexity index is 1570. The van der Waals surface area contributed by atoms with E-state index in [1.807, 2.05) is 41.5 Å². The monoisotopic (exact) mass is 610 g/mol. The van der Waals surface area contributed by atoms with Crippen LogP contribution in [0.15, 0.2) is 72.8 Å². The minimum atomic E-state index is -0.441. The van der Waals surface area contributed by atoms with E-state index < -0.39 is 5.97 Å². The third-order valence-corrected chi connectivity index (χ3v) is 5.98. The summed E-state index contributed by atoms with van der Waals surface area (Å²) in [5.41, 5.74) is 2.67. The number of carbonyl (C=O) groups excluding carboxylic acids is 3. The third kappa shape index (κ3) is 9.75. The van der Waals surface area contributed by atoms with E-state index in [1.165, 1.54) is 7.11 Å². The van der Waals surface area contributed by atoms with Crippen LogP contribution in [0.2, 0.25) is 0 Å². The van der Waals surface area contributed by atoms with Gasteiger partial charge in [0.15, 0.2) is 0 Å². The number of benzene rings is 3. The fraction of sp³-hybridized carbons (Fsp3) is 0.273. The second-order valence-corrected chi connectivity index (χ2v) is 12.3. The Balaban J connectivity index is 1.58. The lowest BCUT2D eigenvalue weighted by atomic mass is 10.1. The van der Waals surface area contributed by atoms with Crippen LogP contribution in [0.3, 0.4) is 0 Å². The van der Waals surface area contributed by atoms with Crippen LogP contribution in [0.4, 0.5) is 34.9 Å². The van der Waals surface area contributed by atoms with Gasteiger partial charge in [-0.1, -0.05) is 0 Å².